The van der Waals surface area contributed by atoms with Crippen molar-refractivity contribution in [3.63, 3.8) is 0 Å². The molecular weight excluding hydrogens is 348 g/mol. The second-order valence-electron chi connectivity index (χ2n) is 4.62. The van der Waals surface area contributed by atoms with Crippen LogP contribution in [0.25, 0.3) is 10.9 Å². The van der Waals surface area contributed by atoms with Crippen molar-refractivity contribution in [2.24, 2.45) is 0 Å². The van der Waals surface area contributed by atoms with E-state index >= 15 is 0 Å². The summed E-state index contributed by atoms with van der Waals surface area (Å²) >= 11 is 5.91. The molecule has 0 radical (unpaired) electrons. The van der Waals surface area contributed by atoms with E-state index < -0.39 is 16.6 Å². The zero-order valence-electron chi connectivity index (χ0n) is 11.5. The predicted molar refractivity (Wildman–Crippen MR) is 82.6 cm³/mol. The van der Waals surface area contributed by atoms with Crippen molar-refractivity contribution in [3.8, 4) is 5.75 Å². The summed E-state index contributed by atoms with van der Waals surface area (Å²) < 4.78 is 56.1. The lowest BCUT2D eigenvalue weighted by Gasteiger charge is -2.12. The summed E-state index contributed by atoms with van der Waals surface area (Å²) in [6.45, 7) is -3.12. The fraction of sp³-hybridized carbons (Fsp3) is 0.0667. The van der Waals surface area contributed by atoms with Crippen LogP contribution in [-0.4, -0.2) is 19.0 Å². The van der Waals surface area contributed by atoms with E-state index in [9.17, 15) is 17.2 Å². The molecule has 120 valence electrons. The molecule has 3 aromatic rings. The molecule has 0 saturated carbocycles. The monoisotopic (exact) mass is 357 g/mol. The van der Waals surface area contributed by atoms with Gasteiger partial charge in [-0.25, -0.2) is 12.4 Å². The molecule has 2 aromatic carbocycles. The van der Waals surface area contributed by atoms with E-state index in [2.05, 4.69) is 4.74 Å². The highest BCUT2D eigenvalue weighted by Crippen LogP contribution is 2.36. The molecule has 4 nitrogen and oxygen atoms in total. The average molecular weight is 358 g/mol. The third kappa shape index (κ3) is 2.77. The Balaban J connectivity index is 2.29. The maximum atomic E-state index is 12.7. The summed E-state index contributed by atoms with van der Waals surface area (Å²) in [6.07, 6.45) is 1.28. The van der Waals surface area contributed by atoms with Crippen LogP contribution in [0.4, 0.5) is 8.78 Å². The predicted octanol–water partition coefficient (Wildman–Crippen LogP) is 4.13. The smallest absolute Gasteiger partial charge is 0.387 e. The number of fused-ring (bicyclic) bond motifs is 1. The van der Waals surface area contributed by atoms with Crippen LogP contribution in [0.1, 0.15) is 0 Å². The van der Waals surface area contributed by atoms with E-state index in [-0.39, 0.29) is 21.2 Å². The van der Waals surface area contributed by atoms with Crippen molar-refractivity contribution in [1.29, 1.82) is 0 Å². The SMILES string of the molecule is O=S(=O)(c1ccccc1)n1ccc2ccc(Cl)c(OC(F)F)c21. The first-order chi connectivity index (χ1) is 10.9. The van der Waals surface area contributed by atoms with Gasteiger partial charge in [-0.15, -0.1) is 0 Å². The van der Waals surface area contributed by atoms with Crippen LogP contribution < -0.4 is 4.74 Å². The van der Waals surface area contributed by atoms with Crippen LogP contribution in [0, 0.1) is 0 Å². The van der Waals surface area contributed by atoms with Crippen molar-refractivity contribution in [1.82, 2.24) is 3.97 Å². The molecule has 0 aliphatic carbocycles. The van der Waals surface area contributed by atoms with Crippen molar-refractivity contribution >= 4 is 32.5 Å². The van der Waals surface area contributed by atoms with Crippen molar-refractivity contribution in [2.45, 2.75) is 11.5 Å². The highest BCUT2D eigenvalue weighted by atomic mass is 35.5. The Morgan fingerprint density at radius 2 is 1.74 bits per heavy atom. The van der Waals surface area contributed by atoms with Gasteiger partial charge in [-0.3, -0.25) is 0 Å². The maximum absolute atomic E-state index is 12.7. The van der Waals surface area contributed by atoms with Crippen molar-refractivity contribution in [2.75, 3.05) is 0 Å². The number of nitrogens with zero attached hydrogens (tertiary/aromatic N) is 1. The molecule has 0 unspecified atom stereocenters. The van der Waals surface area contributed by atoms with Crippen LogP contribution in [0.15, 0.2) is 59.6 Å². The Morgan fingerprint density at radius 3 is 2.39 bits per heavy atom. The minimum Gasteiger partial charge on any atom is -0.431 e. The first-order valence-electron chi connectivity index (χ1n) is 6.46. The minimum atomic E-state index is -3.96. The standard InChI is InChI=1S/C15H10ClF2NO3S/c16-12-7-6-10-8-9-19(13(10)14(12)22-15(17)18)23(20,21)11-4-2-1-3-5-11/h1-9,15H. The van der Waals surface area contributed by atoms with E-state index in [4.69, 9.17) is 11.6 Å². The molecular formula is C15H10ClF2NO3S. The first kappa shape index (κ1) is 15.8. The van der Waals surface area contributed by atoms with Crippen LogP contribution in [-0.2, 0) is 10.0 Å². The molecule has 0 bridgehead atoms. The van der Waals surface area contributed by atoms with E-state index in [1.165, 1.54) is 36.5 Å². The van der Waals surface area contributed by atoms with Gasteiger partial charge in [0.25, 0.3) is 10.0 Å². The Bertz CT molecular complexity index is 956. The van der Waals surface area contributed by atoms with Gasteiger partial charge in [-0.2, -0.15) is 8.78 Å². The van der Waals surface area contributed by atoms with E-state index in [1.54, 1.807) is 18.2 Å². The van der Waals surface area contributed by atoms with Gasteiger partial charge in [0, 0.05) is 11.6 Å². The number of aromatic nitrogens is 1. The summed E-state index contributed by atoms with van der Waals surface area (Å²) in [5, 5.41) is 0.325. The van der Waals surface area contributed by atoms with Crippen LogP contribution >= 0.6 is 11.6 Å². The lowest BCUT2D eigenvalue weighted by Crippen LogP contribution is -2.13. The number of hydrogen-bond donors (Lipinski definition) is 0. The second-order valence-corrected chi connectivity index (χ2v) is 6.84. The Labute approximate surface area is 135 Å². The molecule has 8 heteroatoms. The van der Waals surface area contributed by atoms with Crippen molar-refractivity contribution in [3.05, 3.63) is 59.8 Å². The van der Waals surface area contributed by atoms with Gasteiger partial charge in [0.2, 0.25) is 0 Å². The Hall–Kier alpha value is -2.12. The number of alkyl halides is 2. The lowest BCUT2D eigenvalue weighted by atomic mass is 10.2. The number of halogens is 3. The number of hydrogen-bond acceptors (Lipinski definition) is 3. The molecule has 0 saturated heterocycles. The van der Waals surface area contributed by atoms with Gasteiger partial charge in [0.15, 0.2) is 5.75 Å². The highest BCUT2D eigenvalue weighted by Gasteiger charge is 2.23. The van der Waals surface area contributed by atoms with Gasteiger partial charge in [-0.05, 0) is 24.3 Å². The normalized spacial score (nSPS) is 12.0. The summed E-state index contributed by atoms with van der Waals surface area (Å²) in [5.74, 6) is -0.372. The summed E-state index contributed by atoms with van der Waals surface area (Å²) in [5.41, 5.74) is -0.0262. The zero-order chi connectivity index (χ0) is 16.6. The van der Waals surface area contributed by atoms with Gasteiger partial charge in [-0.1, -0.05) is 35.9 Å². The van der Waals surface area contributed by atoms with Gasteiger partial charge in [0.05, 0.1) is 9.92 Å². The molecule has 3 rings (SSSR count). The molecule has 0 amide bonds. The largest absolute Gasteiger partial charge is 0.431 e. The molecule has 0 spiro atoms. The minimum absolute atomic E-state index is 0.0262. The van der Waals surface area contributed by atoms with Gasteiger partial charge < -0.3 is 4.74 Å². The molecule has 0 aliphatic heterocycles. The third-order valence-electron chi connectivity index (χ3n) is 3.23. The molecule has 23 heavy (non-hydrogen) atoms. The molecule has 0 atom stereocenters. The number of ether oxygens (including phenoxy) is 1. The number of benzene rings is 2. The van der Waals surface area contributed by atoms with Crippen molar-refractivity contribution < 1.29 is 21.9 Å². The van der Waals surface area contributed by atoms with Gasteiger partial charge >= 0.3 is 6.61 Å². The summed E-state index contributed by atoms with van der Waals surface area (Å²) in [6, 6.07) is 12.1. The van der Waals surface area contributed by atoms with E-state index in [0.29, 0.717) is 5.39 Å². The molecule has 0 aliphatic rings. The topological polar surface area (TPSA) is 48.3 Å². The zero-order valence-corrected chi connectivity index (χ0v) is 13.1. The quantitative estimate of drug-likeness (QED) is 0.705. The lowest BCUT2D eigenvalue weighted by molar-refractivity contribution is -0.0488. The highest BCUT2D eigenvalue weighted by molar-refractivity contribution is 7.90. The van der Waals surface area contributed by atoms with E-state index in [0.717, 1.165) is 3.97 Å². The van der Waals surface area contributed by atoms with E-state index in [1.807, 2.05) is 0 Å². The number of rotatable bonds is 4. The van der Waals surface area contributed by atoms with Crippen LogP contribution in [0.3, 0.4) is 0 Å². The van der Waals surface area contributed by atoms with Crippen LogP contribution in [0.5, 0.6) is 5.75 Å². The second kappa shape index (κ2) is 5.82. The summed E-state index contributed by atoms with van der Waals surface area (Å²) in [4.78, 5) is 0.0282. The average Bonchev–Trinajstić information content (AvgIpc) is 2.96. The molecule has 1 aromatic heterocycles. The van der Waals surface area contributed by atoms with Gasteiger partial charge in [0.1, 0.15) is 5.52 Å². The maximum Gasteiger partial charge on any atom is 0.387 e. The Morgan fingerprint density at radius 1 is 1.04 bits per heavy atom. The first-order valence-corrected chi connectivity index (χ1v) is 8.28. The Kier molecular flexibility index (Phi) is 3.99. The summed E-state index contributed by atoms with van der Waals surface area (Å²) in [7, 11) is -3.96. The van der Waals surface area contributed by atoms with Crippen LogP contribution in [0.2, 0.25) is 5.02 Å². The third-order valence-corrected chi connectivity index (χ3v) is 5.22. The fourth-order valence-corrected chi connectivity index (χ4v) is 3.83. The molecule has 0 fully saturated rings. The fourth-order valence-electron chi connectivity index (χ4n) is 2.25. The molecule has 1 heterocycles. The molecule has 0 N–H and O–H groups in total.